The molecule has 0 radical (unpaired) electrons. The van der Waals surface area contributed by atoms with Crippen molar-refractivity contribution in [1.29, 1.82) is 0 Å². The first kappa shape index (κ1) is 16.5. The monoisotopic (exact) mass is 333 g/mol. The third-order valence-corrected chi connectivity index (χ3v) is 5.94. The maximum atomic E-state index is 5.90. The number of likely N-dealkylation sites (N-methyl/N-ethyl adjacent to an activating group) is 1. The molecule has 0 bridgehead atoms. The van der Waals surface area contributed by atoms with E-state index < -0.39 is 0 Å². The predicted molar refractivity (Wildman–Crippen MR) is 92.9 cm³/mol. The lowest BCUT2D eigenvalue weighted by Crippen LogP contribution is -2.38. The van der Waals surface area contributed by atoms with E-state index in [4.69, 9.17) is 4.74 Å². The Morgan fingerprint density at radius 3 is 2.79 bits per heavy atom. The van der Waals surface area contributed by atoms with Crippen LogP contribution in [-0.4, -0.2) is 70.0 Å². The average molecular weight is 333 g/mol. The zero-order valence-electron chi connectivity index (χ0n) is 15.2. The molecule has 1 aromatic heterocycles. The summed E-state index contributed by atoms with van der Waals surface area (Å²) >= 11 is 0. The largest absolute Gasteiger partial charge is 0.377 e. The number of ether oxygens (including phenoxy) is 1. The van der Waals surface area contributed by atoms with Gasteiger partial charge in [-0.1, -0.05) is 0 Å². The molecule has 6 heteroatoms. The molecule has 24 heavy (non-hydrogen) atoms. The molecule has 2 saturated heterocycles. The van der Waals surface area contributed by atoms with Crippen LogP contribution in [0.4, 0.5) is 0 Å². The quantitative estimate of drug-likeness (QED) is 0.794. The van der Waals surface area contributed by atoms with E-state index in [0.29, 0.717) is 18.1 Å². The Balaban J connectivity index is 1.28. The van der Waals surface area contributed by atoms with Gasteiger partial charge in [-0.15, -0.1) is 10.2 Å². The molecule has 2 aliphatic heterocycles. The summed E-state index contributed by atoms with van der Waals surface area (Å²) in [5.41, 5.74) is 0. The summed E-state index contributed by atoms with van der Waals surface area (Å²) in [6.45, 7) is 5.32. The summed E-state index contributed by atoms with van der Waals surface area (Å²) in [5, 5.41) is 8.85. The minimum absolute atomic E-state index is 0.461. The van der Waals surface area contributed by atoms with E-state index in [2.05, 4.69) is 38.7 Å². The van der Waals surface area contributed by atoms with Crippen molar-refractivity contribution in [3.63, 3.8) is 0 Å². The smallest absolute Gasteiger partial charge is 0.146 e. The predicted octanol–water partition coefficient (Wildman–Crippen LogP) is 1.77. The molecule has 134 valence electrons. The van der Waals surface area contributed by atoms with Crippen LogP contribution in [0.1, 0.15) is 56.1 Å². The second-order valence-electron chi connectivity index (χ2n) is 7.91. The minimum Gasteiger partial charge on any atom is -0.377 e. The first-order valence-corrected chi connectivity index (χ1v) is 9.63. The normalized spacial score (nSPS) is 28.8. The molecule has 2 atom stereocenters. The van der Waals surface area contributed by atoms with Crippen LogP contribution in [0.3, 0.4) is 0 Å². The lowest BCUT2D eigenvalue weighted by Gasteiger charge is -2.28. The van der Waals surface area contributed by atoms with Crippen molar-refractivity contribution in [2.75, 3.05) is 33.3 Å². The van der Waals surface area contributed by atoms with Crippen molar-refractivity contribution < 1.29 is 4.74 Å². The van der Waals surface area contributed by atoms with Crippen molar-refractivity contribution in [2.24, 2.45) is 7.05 Å². The fourth-order valence-electron chi connectivity index (χ4n) is 4.14. The second kappa shape index (κ2) is 7.10. The molecule has 6 nitrogen and oxygen atoms in total. The fraction of sp³-hybridized carbons (Fsp3) is 0.889. The summed E-state index contributed by atoms with van der Waals surface area (Å²) < 4.78 is 8.12. The van der Waals surface area contributed by atoms with Gasteiger partial charge < -0.3 is 9.30 Å². The SMILES string of the molecule is CN(Cc1nnc(C2CC2)n1C)[C@@H]1CCN(C[C@H]2CCCCO2)C1. The maximum absolute atomic E-state index is 5.90. The van der Waals surface area contributed by atoms with Crippen molar-refractivity contribution in [3.05, 3.63) is 11.6 Å². The number of aromatic nitrogens is 3. The Morgan fingerprint density at radius 2 is 2.04 bits per heavy atom. The van der Waals surface area contributed by atoms with Crippen LogP contribution in [0.5, 0.6) is 0 Å². The molecule has 0 N–H and O–H groups in total. The van der Waals surface area contributed by atoms with Crippen LogP contribution in [0.2, 0.25) is 0 Å². The molecule has 3 fully saturated rings. The van der Waals surface area contributed by atoms with Gasteiger partial charge in [-0.05, 0) is 52.1 Å². The third kappa shape index (κ3) is 3.65. The standard InChI is InChI=1S/C18H31N5O/c1-21(13-17-19-20-18(22(17)2)14-6-7-14)15-8-9-23(11-15)12-16-5-3-4-10-24-16/h14-16H,3-13H2,1-2H3/t15-,16-/m1/s1. The van der Waals surface area contributed by atoms with Gasteiger partial charge in [0, 0.05) is 38.7 Å². The van der Waals surface area contributed by atoms with Crippen molar-refractivity contribution in [1.82, 2.24) is 24.6 Å². The maximum Gasteiger partial charge on any atom is 0.146 e. The topological polar surface area (TPSA) is 46.4 Å². The highest BCUT2D eigenvalue weighted by Crippen LogP contribution is 2.38. The molecular formula is C18H31N5O. The molecule has 0 unspecified atom stereocenters. The average Bonchev–Trinajstić information content (AvgIpc) is 3.22. The number of hydrogen-bond donors (Lipinski definition) is 0. The fourth-order valence-corrected chi connectivity index (χ4v) is 4.14. The third-order valence-electron chi connectivity index (χ3n) is 5.94. The highest BCUT2D eigenvalue weighted by atomic mass is 16.5. The van der Waals surface area contributed by atoms with Crippen LogP contribution < -0.4 is 0 Å². The number of likely N-dealkylation sites (tertiary alicyclic amines) is 1. The highest BCUT2D eigenvalue weighted by Gasteiger charge is 2.31. The molecule has 1 aliphatic carbocycles. The summed E-state index contributed by atoms with van der Waals surface area (Å²) in [7, 11) is 4.36. The Bertz CT molecular complexity index is 550. The highest BCUT2D eigenvalue weighted by molar-refractivity contribution is 5.07. The van der Waals surface area contributed by atoms with Crippen molar-refractivity contribution in [2.45, 2.75) is 63.1 Å². The molecule has 0 spiro atoms. The molecule has 3 heterocycles. The Labute approximate surface area is 145 Å². The van der Waals surface area contributed by atoms with Crippen LogP contribution in [0, 0.1) is 0 Å². The van der Waals surface area contributed by atoms with Gasteiger partial charge >= 0.3 is 0 Å². The van der Waals surface area contributed by atoms with Crippen molar-refractivity contribution in [3.8, 4) is 0 Å². The van der Waals surface area contributed by atoms with Crippen molar-refractivity contribution >= 4 is 0 Å². The van der Waals surface area contributed by atoms with Crippen LogP contribution in [-0.2, 0) is 18.3 Å². The zero-order chi connectivity index (χ0) is 16.5. The summed E-state index contributed by atoms with van der Waals surface area (Å²) in [5.74, 6) is 2.95. The van der Waals surface area contributed by atoms with Gasteiger partial charge in [0.1, 0.15) is 11.6 Å². The second-order valence-corrected chi connectivity index (χ2v) is 7.91. The van der Waals surface area contributed by atoms with Gasteiger partial charge in [0.15, 0.2) is 0 Å². The molecular weight excluding hydrogens is 302 g/mol. The Kier molecular flexibility index (Phi) is 4.88. The van der Waals surface area contributed by atoms with E-state index in [0.717, 1.165) is 32.1 Å². The molecule has 4 rings (SSSR count). The van der Waals surface area contributed by atoms with E-state index in [1.807, 2.05) is 0 Å². The number of rotatable bonds is 6. The molecule has 0 amide bonds. The number of hydrogen-bond acceptors (Lipinski definition) is 5. The van der Waals surface area contributed by atoms with Crippen LogP contribution in [0.15, 0.2) is 0 Å². The summed E-state index contributed by atoms with van der Waals surface area (Å²) in [6.07, 6.45) is 8.07. The lowest BCUT2D eigenvalue weighted by atomic mass is 10.1. The van der Waals surface area contributed by atoms with E-state index in [-0.39, 0.29) is 0 Å². The van der Waals surface area contributed by atoms with Gasteiger partial charge in [0.2, 0.25) is 0 Å². The van der Waals surface area contributed by atoms with E-state index in [1.54, 1.807) is 0 Å². The van der Waals surface area contributed by atoms with Crippen LogP contribution >= 0.6 is 0 Å². The zero-order valence-corrected chi connectivity index (χ0v) is 15.2. The van der Waals surface area contributed by atoms with E-state index >= 15 is 0 Å². The van der Waals surface area contributed by atoms with Crippen LogP contribution in [0.25, 0.3) is 0 Å². The summed E-state index contributed by atoms with van der Waals surface area (Å²) in [6, 6.07) is 0.620. The van der Waals surface area contributed by atoms with Gasteiger partial charge in [-0.25, -0.2) is 0 Å². The molecule has 1 aromatic rings. The van der Waals surface area contributed by atoms with E-state index in [9.17, 15) is 0 Å². The van der Waals surface area contributed by atoms with Gasteiger partial charge in [0.25, 0.3) is 0 Å². The molecule has 1 saturated carbocycles. The lowest BCUT2D eigenvalue weighted by molar-refractivity contribution is -0.00281. The first-order valence-electron chi connectivity index (χ1n) is 9.63. The Hall–Kier alpha value is -0.980. The molecule has 3 aliphatic rings. The van der Waals surface area contributed by atoms with Gasteiger partial charge in [0.05, 0.1) is 12.6 Å². The number of nitrogens with zero attached hydrogens (tertiary/aromatic N) is 5. The Morgan fingerprint density at radius 1 is 1.17 bits per heavy atom. The van der Waals surface area contributed by atoms with Gasteiger partial charge in [-0.3, -0.25) is 9.80 Å². The first-order chi connectivity index (χ1) is 11.7. The summed E-state index contributed by atoms with van der Waals surface area (Å²) in [4.78, 5) is 5.05. The van der Waals surface area contributed by atoms with E-state index in [1.165, 1.54) is 50.9 Å². The van der Waals surface area contributed by atoms with Gasteiger partial charge in [-0.2, -0.15) is 0 Å². The minimum atomic E-state index is 0.461. The molecule has 0 aromatic carbocycles.